The number of nitrogens with zero attached hydrogens (tertiary/aromatic N) is 1. The van der Waals surface area contributed by atoms with Crippen LogP contribution in [0.5, 0.6) is 0 Å². The Kier molecular flexibility index (Phi) is 2.07. The molecule has 1 aliphatic heterocycles. The van der Waals surface area contributed by atoms with Gasteiger partial charge in [0.05, 0.1) is 5.69 Å². The zero-order valence-corrected chi connectivity index (χ0v) is 8.91. The molecule has 2 N–H and O–H groups in total. The van der Waals surface area contributed by atoms with Gasteiger partial charge < -0.3 is 10.2 Å². The van der Waals surface area contributed by atoms with Crippen molar-refractivity contribution in [3.05, 3.63) is 46.1 Å². The molecule has 0 saturated carbocycles. The van der Waals surface area contributed by atoms with Gasteiger partial charge in [0.1, 0.15) is 11.2 Å². The number of aromatic nitrogens is 1. The molecule has 0 atom stereocenters. The Morgan fingerprint density at radius 3 is 2.83 bits per heavy atom. The highest BCUT2D eigenvalue weighted by Crippen LogP contribution is 2.28. The number of halogens is 2. The number of anilines is 1. The van der Waals surface area contributed by atoms with Crippen molar-refractivity contribution in [1.29, 1.82) is 0 Å². The van der Waals surface area contributed by atoms with Crippen molar-refractivity contribution in [2.75, 3.05) is 5.73 Å². The summed E-state index contributed by atoms with van der Waals surface area (Å²) < 4.78 is 32.2. The zero-order chi connectivity index (χ0) is 12.9. The number of para-hydroxylation sites is 1. The van der Waals surface area contributed by atoms with E-state index < -0.39 is 22.8 Å². The Morgan fingerprint density at radius 2 is 2.06 bits per heavy atom. The van der Waals surface area contributed by atoms with Crippen molar-refractivity contribution in [3.8, 4) is 11.5 Å². The first-order valence-corrected chi connectivity index (χ1v) is 5.05. The van der Waals surface area contributed by atoms with Crippen LogP contribution in [0.3, 0.4) is 0 Å². The van der Waals surface area contributed by atoms with Crippen LogP contribution in [0.25, 0.3) is 22.6 Å². The molecule has 0 amide bonds. The van der Waals surface area contributed by atoms with Crippen LogP contribution in [0, 0.1) is 11.6 Å². The van der Waals surface area contributed by atoms with Crippen LogP contribution in [-0.4, -0.2) is 4.98 Å². The third kappa shape index (κ3) is 1.35. The normalized spacial score (nSPS) is 11.2. The summed E-state index contributed by atoms with van der Waals surface area (Å²) in [6.07, 6.45) is 0. The lowest BCUT2D eigenvalue weighted by Crippen LogP contribution is -2.14. The predicted octanol–water partition coefficient (Wildman–Crippen LogP) is 2.15. The van der Waals surface area contributed by atoms with Crippen LogP contribution in [0.15, 0.2) is 33.5 Å². The van der Waals surface area contributed by atoms with Crippen LogP contribution >= 0.6 is 0 Å². The Bertz CT molecular complexity index is 798. The second-order valence-electron chi connectivity index (χ2n) is 3.76. The predicted molar refractivity (Wildman–Crippen MR) is 61.2 cm³/mol. The molecule has 0 aromatic heterocycles. The quantitative estimate of drug-likeness (QED) is 0.489. The van der Waals surface area contributed by atoms with E-state index in [-0.39, 0.29) is 22.5 Å². The first kappa shape index (κ1) is 10.6. The van der Waals surface area contributed by atoms with E-state index in [2.05, 4.69) is 4.98 Å². The SMILES string of the molecule is Nc1cc2nc3cccc(F)c3oc-2c(F)c1=O. The van der Waals surface area contributed by atoms with Crippen LogP contribution in [0.4, 0.5) is 14.5 Å². The lowest BCUT2D eigenvalue weighted by Gasteiger charge is -2.07. The molecule has 90 valence electrons. The fraction of sp³-hybridized carbons (Fsp3) is 0. The highest BCUT2D eigenvalue weighted by Gasteiger charge is 2.20. The molecule has 1 aliphatic carbocycles. The Labute approximate surface area is 99.0 Å². The van der Waals surface area contributed by atoms with Gasteiger partial charge in [-0.05, 0) is 18.2 Å². The Balaban J connectivity index is 2.55. The molecule has 1 aromatic rings. The molecular formula is C12H6F2N2O2. The highest BCUT2D eigenvalue weighted by molar-refractivity contribution is 5.77. The summed E-state index contributed by atoms with van der Waals surface area (Å²) in [5.41, 5.74) is 4.20. The number of rotatable bonds is 0. The van der Waals surface area contributed by atoms with Crippen LogP contribution in [-0.2, 0) is 0 Å². The smallest absolute Gasteiger partial charge is 0.240 e. The summed E-state index contributed by atoms with van der Waals surface area (Å²) in [7, 11) is 0. The average molecular weight is 248 g/mol. The monoisotopic (exact) mass is 248 g/mol. The van der Waals surface area contributed by atoms with E-state index in [0.29, 0.717) is 0 Å². The number of nitrogen functional groups attached to an aromatic ring is 1. The highest BCUT2D eigenvalue weighted by atomic mass is 19.1. The van der Waals surface area contributed by atoms with E-state index in [4.69, 9.17) is 10.2 Å². The number of hydrogen-bond acceptors (Lipinski definition) is 4. The summed E-state index contributed by atoms with van der Waals surface area (Å²) in [6.45, 7) is 0. The van der Waals surface area contributed by atoms with Gasteiger partial charge >= 0.3 is 0 Å². The van der Waals surface area contributed by atoms with Crippen LogP contribution < -0.4 is 11.2 Å². The van der Waals surface area contributed by atoms with Crippen LogP contribution in [0.1, 0.15) is 0 Å². The van der Waals surface area contributed by atoms with E-state index in [0.717, 1.165) is 6.07 Å². The summed E-state index contributed by atoms with van der Waals surface area (Å²) in [4.78, 5) is 15.3. The van der Waals surface area contributed by atoms with Gasteiger partial charge in [0.2, 0.25) is 11.2 Å². The van der Waals surface area contributed by atoms with Gasteiger partial charge in [-0.2, -0.15) is 4.39 Å². The van der Waals surface area contributed by atoms with E-state index in [1.165, 1.54) is 18.2 Å². The Hall–Kier alpha value is -2.50. The molecule has 0 spiro atoms. The molecule has 18 heavy (non-hydrogen) atoms. The van der Waals surface area contributed by atoms with Gasteiger partial charge in [-0.25, -0.2) is 9.37 Å². The van der Waals surface area contributed by atoms with E-state index in [9.17, 15) is 13.6 Å². The van der Waals surface area contributed by atoms with Gasteiger partial charge in [-0.15, -0.1) is 0 Å². The van der Waals surface area contributed by atoms with E-state index >= 15 is 0 Å². The molecule has 0 saturated heterocycles. The van der Waals surface area contributed by atoms with E-state index in [1.54, 1.807) is 0 Å². The van der Waals surface area contributed by atoms with Gasteiger partial charge in [0, 0.05) is 0 Å². The maximum Gasteiger partial charge on any atom is 0.240 e. The fourth-order valence-electron chi connectivity index (χ4n) is 1.72. The number of nitrogens with two attached hydrogens (primary N) is 1. The third-order valence-electron chi connectivity index (χ3n) is 2.58. The molecule has 4 nitrogen and oxygen atoms in total. The number of fused-ring (bicyclic) bond motifs is 2. The average Bonchev–Trinajstić information content (AvgIpc) is 2.35. The first-order chi connectivity index (χ1) is 8.58. The lowest BCUT2D eigenvalue weighted by atomic mass is 10.2. The molecule has 6 heteroatoms. The van der Waals surface area contributed by atoms with E-state index in [1.807, 2.05) is 0 Å². The molecule has 1 heterocycles. The van der Waals surface area contributed by atoms with Crippen LogP contribution in [0.2, 0.25) is 0 Å². The summed E-state index contributed by atoms with van der Waals surface area (Å²) >= 11 is 0. The zero-order valence-electron chi connectivity index (χ0n) is 8.91. The molecule has 0 unspecified atom stereocenters. The summed E-state index contributed by atoms with van der Waals surface area (Å²) in [5.74, 6) is -2.24. The van der Waals surface area contributed by atoms with Crippen molar-refractivity contribution in [2.45, 2.75) is 0 Å². The topological polar surface area (TPSA) is 69.1 Å². The Morgan fingerprint density at radius 1 is 1.28 bits per heavy atom. The second-order valence-corrected chi connectivity index (χ2v) is 3.76. The minimum atomic E-state index is -1.16. The van der Waals surface area contributed by atoms with Crippen molar-refractivity contribution in [2.24, 2.45) is 0 Å². The first-order valence-electron chi connectivity index (χ1n) is 5.05. The summed E-state index contributed by atoms with van der Waals surface area (Å²) in [6, 6.07) is 5.33. The van der Waals surface area contributed by atoms with Crippen molar-refractivity contribution >= 4 is 16.8 Å². The lowest BCUT2D eigenvalue weighted by molar-refractivity contribution is 0.515. The summed E-state index contributed by atoms with van der Waals surface area (Å²) in [5, 5.41) is 0. The molecule has 3 rings (SSSR count). The minimum absolute atomic E-state index is 0.0719. The molecule has 2 aliphatic rings. The molecule has 0 bridgehead atoms. The third-order valence-corrected chi connectivity index (χ3v) is 2.58. The number of hydrogen-bond donors (Lipinski definition) is 1. The minimum Gasteiger partial charge on any atom is -0.446 e. The van der Waals surface area contributed by atoms with Gasteiger partial charge in [0.25, 0.3) is 0 Å². The van der Waals surface area contributed by atoms with Gasteiger partial charge in [-0.1, -0.05) is 6.07 Å². The fourth-order valence-corrected chi connectivity index (χ4v) is 1.72. The van der Waals surface area contributed by atoms with Crippen molar-refractivity contribution in [3.63, 3.8) is 0 Å². The van der Waals surface area contributed by atoms with Gasteiger partial charge in [0.15, 0.2) is 17.2 Å². The maximum atomic E-state index is 13.7. The largest absolute Gasteiger partial charge is 0.446 e. The van der Waals surface area contributed by atoms with Crippen molar-refractivity contribution < 1.29 is 13.2 Å². The van der Waals surface area contributed by atoms with Crippen molar-refractivity contribution in [1.82, 2.24) is 4.98 Å². The maximum absolute atomic E-state index is 13.7. The second kappa shape index (κ2) is 3.49. The standard InChI is InChI=1S/C12H6F2N2O2/c13-5-2-1-3-7-11(5)18-12-8(16-7)4-6(15)10(17)9(12)14/h1-4H,15H2. The van der Waals surface area contributed by atoms with Gasteiger partial charge in [-0.3, -0.25) is 4.79 Å². The molecule has 0 radical (unpaired) electrons. The number of benzene rings is 2. The molecule has 0 fully saturated rings. The molecular weight excluding hydrogens is 242 g/mol. The molecule has 1 aromatic carbocycles.